The minimum Gasteiger partial charge on any atom is -0.508 e. The fourth-order valence-electron chi connectivity index (χ4n) is 1.05. The van der Waals surface area contributed by atoms with Gasteiger partial charge in [-0.1, -0.05) is 12.1 Å². The van der Waals surface area contributed by atoms with Gasteiger partial charge in [0.1, 0.15) is 11.3 Å². The van der Waals surface area contributed by atoms with Crippen LogP contribution in [0.4, 0.5) is 0 Å². The van der Waals surface area contributed by atoms with Crippen LogP contribution in [0.1, 0.15) is 12.5 Å². The van der Waals surface area contributed by atoms with E-state index >= 15 is 0 Å². The molecule has 15 heavy (non-hydrogen) atoms. The zero-order chi connectivity index (χ0) is 11.4. The minimum absolute atomic E-state index is 0.0897. The first-order chi connectivity index (χ1) is 7.00. The molecule has 1 aromatic carbocycles. The molecule has 0 saturated carbocycles. The lowest BCUT2D eigenvalue weighted by atomic mass is 10.1. The third-order valence-electron chi connectivity index (χ3n) is 1.81. The summed E-state index contributed by atoms with van der Waals surface area (Å²) in [5, 5.41) is 17.7. The van der Waals surface area contributed by atoms with Gasteiger partial charge in [0.05, 0.1) is 0 Å². The van der Waals surface area contributed by atoms with Crippen molar-refractivity contribution in [1.29, 1.82) is 0 Å². The van der Waals surface area contributed by atoms with Crippen molar-refractivity contribution in [2.75, 3.05) is 0 Å². The number of rotatable bonds is 3. The molecule has 0 aliphatic rings. The predicted octanol–water partition coefficient (Wildman–Crippen LogP) is 1.45. The Hall–Kier alpha value is -2.10. The third-order valence-corrected chi connectivity index (χ3v) is 1.81. The Morgan fingerprint density at radius 2 is 1.73 bits per heavy atom. The maximum absolute atomic E-state index is 11.0. The van der Waals surface area contributed by atoms with E-state index in [0.29, 0.717) is 5.56 Å². The molecule has 0 aliphatic carbocycles. The average Bonchev–Trinajstić information content (AvgIpc) is 2.15. The monoisotopic (exact) mass is 206 g/mol. The lowest BCUT2D eigenvalue weighted by Crippen LogP contribution is -2.08. The van der Waals surface area contributed by atoms with E-state index in [2.05, 4.69) is 0 Å². The van der Waals surface area contributed by atoms with E-state index in [1.54, 1.807) is 0 Å². The minimum atomic E-state index is -1.25. The van der Waals surface area contributed by atoms with E-state index in [-0.39, 0.29) is 11.3 Å². The highest BCUT2D eigenvalue weighted by Crippen LogP contribution is 2.13. The number of carboxylic acid groups (broad SMARTS) is 1. The molecule has 0 unspecified atom stereocenters. The quantitative estimate of drug-likeness (QED) is 0.446. The second-order valence-corrected chi connectivity index (χ2v) is 3.01. The maximum atomic E-state index is 11.0. The van der Waals surface area contributed by atoms with Gasteiger partial charge in [-0.15, -0.1) is 0 Å². The second kappa shape index (κ2) is 4.41. The molecule has 2 N–H and O–H groups in total. The van der Waals surface area contributed by atoms with E-state index in [1.807, 2.05) is 0 Å². The molecule has 0 atom stereocenters. The fourth-order valence-corrected chi connectivity index (χ4v) is 1.05. The Labute approximate surface area is 86.5 Å². The highest BCUT2D eigenvalue weighted by Gasteiger charge is 2.12. The highest BCUT2D eigenvalue weighted by molar-refractivity contribution is 6.19. The molecule has 4 heteroatoms. The van der Waals surface area contributed by atoms with E-state index in [9.17, 15) is 9.59 Å². The Bertz CT molecular complexity index is 399. The standard InChI is InChI=1S/C11H10O4/c1-7(12)10(11(14)15)6-8-2-4-9(13)5-3-8/h2-6,13H,1H3,(H,14,15). The molecular weight excluding hydrogens is 196 g/mol. The van der Waals surface area contributed by atoms with Crippen molar-refractivity contribution in [2.24, 2.45) is 0 Å². The Morgan fingerprint density at radius 3 is 2.13 bits per heavy atom. The summed E-state index contributed by atoms with van der Waals surface area (Å²) >= 11 is 0. The summed E-state index contributed by atoms with van der Waals surface area (Å²) in [5.41, 5.74) is 0.279. The largest absolute Gasteiger partial charge is 0.508 e. The van der Waals surface area contributed by atoms with E-state index in [4.69, 9.17) is 10.2 Å². The third kappa shape index (κ3) is 2.95. The number of aromatic hydroxyl groups is 1. The predicted molar refractivity (Wildman–Crippen MR) is 54.4 cm³/mol. The first kappa shape index (κ1) is 11.0. The smallest absolute Gasteiger partial charge is 0.339 e. The summed E-state index contributed by atoms with van der Waals surface area (Å²) in [6.07, 6.45) is 1.27. The van der Waals surface area contributed by atoms with E-state index < -0.39 is 11.8 Å². The summed E-state index contributed by atoms with van der Waals surface area (Å²) in [6.45, 7) is 1.19. The van der Waals surface area contributed by atoms with Gasteiger partial charge in [0, 0.05) is 0 Å². The van der Waals surface area contributed by atoms with Crippen molar-refractivity contribution < 1.29 is 19.8 Å². The lowest BCUT2D eigenvalue weighted by Gasteiger charge is -1.98. The van der Waals surface area contributed by atoms with Crippen molar-refractivity contribution in [3.63, 3.8) is 0 Å². The summed E-state index contributed by atoms with van der Waals surface area (Å²) in [4.78, 5) is 21.6. The van der Waals surface area contributed by atoms with Gasteiger partial charge in [-0.25, -0.2) is 4.79 Å². The van der Waals surface area contributed by atoms with Gasteiger partial charge in [0.2, 0.25) is 0 Å². The van der Waals surface area contributed by atoms with E-state index in [1.165, 1.54) is 37.3 Å². The lowest BCUT2D eigenvalue weighted by molar-refractivity contribution is -0.134. The summed E-state index contributed by atoms with van der Waals surface area (Å²) in [5.74, 6) is -1.67. The van der Waals surface area contributed by atoms with Crippen LogP contribution in [0.3, 0.4) is 0 Å². The molecule has 0 aromatic heterocycles. The van der Waals surface area contributed by atoms with Gasteiger partial charge < -0.3 is 10.2 Å². The number of carbonyl (C=O) groups excluding carboxylic acids is 1. The van der Waals surface area contributed by atoms with Crippen molar-refractivity contribution in [3.8, 4) is 5.75 Å². The molecule has 0 aliphatic heterocycles. The molecule has 0 saturated heterocycles. The van der Waals surface area contributed by atoms with Crippen LogP contribution in [0.2, 0.25) is 0 Å². The maximum Gasteiger partial charge on any atom is 0.339 e. The molecular formula is C11H10O4. The van der Waals surface area contributed by atoms with Gasteiger partial charge >= 0.3 is 5.97 Å². The highest BCUT2D eigenvalue weighted by atomic mass is 16.4. The average molecular weight is 206 g/mol. The van der Waals surface area contributed by atoms with Crippen molar-refractivity contribution in [3.05, 3.63) is 35.4 Å². The summed E-state index contributed by atoms with van der Waals surface area (Å²) in [6, 6.07) is 5.90. The van der Waals surface area contributed by atoms with Crippen LogP contribution in [-0.4, -0.2) is 22.0 Å². The molecule has 1 aromatic rings. The molecule has 0 radical (unpaired) electrons. The van der Waals surface area contributed by atoms with Crippen LogP contribution in [0.5, 0.6) is 5.75 Å². The van der Waals surface area contributed by atoms with Gasteiger partial charge in [0.15, 0.2) is 5.78 Å². The van der Waals surface area contributed by atoms with Crippen LogP contribution >= 0.6 is 0 Å². The Balaban J connectivity index is 3.08. The van der Waals surface area contributed by atoms with Gasteiger partial charge in [0.25, 0.3) is 0 Å². The molecule has 0 bridgehead atoms. The molecule has 0 heterocycles. The topological polar surface area (TPSA) is 74.6 Å². The normalized spacial score (nSPS) is 11.1. The molecule has 0 spiro atoms. The molecule has 0 fully saturated rings. The van der Waals surface area contributed by atoms with Crippen molar-refractivity contribution in [2.45, 2.75) is 6.92 Å². The number of carbonyl (C=O) groups is 2. The zero-order valence-electron chi connectivity index (χ0n) is 8.10. The van der Waals surface area contributed by atoms with E-state index in [0.717, 1.165) is 0 Å². The van der Waals surface area contributed by atoms with Crippen molar-refractivity contribution in [1.82, 2.24) is 0 Å². The number of Topliss-reactive ketones (excluding diaryl/α,β-unsaturated/α-hetero) is 1. The van der Waals surface area contributed by atoms with Crippen LogP contribution < -0.4 is 0 Å². The fraction of sp³-hybridized carbons (Fsp3) is 0.0909. The number of benzene rings is 1. The van der Waals surface area contributed by atoms with Gasteiger partial charge in [-0.05, 0) is 30.7 Å². The Kier molecular flexibility index (Phi) is 3.23. The van der Waals surface area contributed by atoms with Crippen molar-refractivity contribution >= 4 is 17.8 Å². The Morgan fingerprint density at radius 1 is 1.20 bits per heavy atom. The SMILES string of the molecule is CC(=O)C(=Cc1ccc(O)cc1)C(=O)O. The van der Waals surface area contributed by atoms with Crippen LogP contribution in [0.25, 0.3) is 6.08 Å². The number of hydrogen-bond donors (Lipinski definition) is 2. The number of carboxylic acids is 1. The molecule has 1 rings (SSSR count). The molecule has 78 valence electrons. The number of hydrogen-bond acceptors (Lipinski definition) is 3. The molecule has 0 amide bonds. The first-order valence-electron chi connectivity index (χ1n) is 4.25. The number of phenolic OH excluding ortho intramolecular Hbond substituents is 1. The molecule has 4 nitrogen and oxygen atoms in total. The summed E-state index contributed by atoms with van der Waals surface area (Å²) in [7, 11) is 0. The first-order valence-corrected chi connectivity index (χ1v) is 4.25. The van der Waals surface area contributed by atoms with Crippen LogP contribution in [0, 0.1) is 0 Å². The number of phenols is 1. The second-order valence-electron chi connectivity index (χ2n) is 3.01. The van der Waals surface area contributed by atoms with Gasteiger partial charge in [-0.2, -0.15) is 0 Å². The number of aliphatic carboxylic acids is 1. The number of ketones is 1. The van der Waals surface area contributed by atoms with Crippen LogP contribution in [0.15, 0.2) is 29.8 Å². The zero-order valence-corrected chi connectivity index (χ0v) is 8.10. The van der Waals surface area contributed by atoms with Gasteiger partial charge in [-0.3, -0.25) is 4.79 Å². The van der Waals surface area contributed by atoms with Crippen LogP contribution in [-0.2, 0) is 9.59 Å². The summed E-state index contributed by atoms with van der Waals surface area (Å²) < 4.78 is 0.